The lowest BCUT2D eigenvalue weighted by atomic mass is 9.98. The van der Waals surface area contributed by atoms with Gasteiger partial charge in [0.1, 0.15) is 17.1 Å². The Bertz CT molecular complexity index is 425. The number of carbonyl (C=O) groups excluding carboxylic acids is 2. The number of carbonyl (C=O) groups is 2. The van der Waals surface area contributed by atoms with Crippen molar-refractivity contribution < 1.29 is 24.2 Å². The number of amides is 1. The number of rotatable bonds is 4. The normalized spacial score (nSPS) is 22.8. The van der Waals surface area contributed by atoms with E-state index < -0.39 is 29.6 Å². The van der Waals surface area contributed by atoms with Crippen molar-refractivity contribution in [3.63, 3.8) is 0 Å². The number of nitrogens with zero attached hydrogens (tertiary/aromatic N) is 1. The van der Waals surface area contributed by atoms with Crippen LogP contribution >= 0.6 is 0 Å². The first-order chi connectivity index (χ1) is 9.85. The van der Waals surface area contributed by atoms with Crippen molar-refractivity contribution >= 4 is 11.9 Å². The van der Waals surface area contributed by atoms with E-state index in [-0.39, 0.29) is 24.7 Å². The van der Waals surface area contributed by atoms with Crippen molar-refractivity contribution in [3.05, 3.63) is 0 Å². The average molecular weight is 315 g/mol. The van der Waals surface area contributed by atoms with Crippen molar-refractivity contribution in [1.82, 2.24) is 4.90 Å². The maximum atomic E-state index is 12.4. The van der Waals surface area contributed by atoms with Crippen LogP contribution in [0.3, 0.4) is 0 Å². The molecule has 1 rings (SSSR count). The summed E-state index contributed by atoms with van der Waals surface area (Å²) in [5, 5.41) is 10.4. The fourth-order valence-electron chi connectivity index (χ4n) is 2.36. The summed E-state index contributed by atoms with van der Waals surface area (Å²) in [6, 6.07) is -0.590. The van der Waals surface area contributed by atoms with Crippen molar-refractivity contribution in [2.45, 2.75) is 78.4 Å². The van der Waals surface area contributed by atoms with Crippen LogP contribution in [0.4, 0.5) is 4.79 Å². The van der Waals surface area contributed by atoms with Crippen LogP contribution in [0.2, 0.25) is 0 Å². The highest BCUT2D eigenvalue weighted by Crippen LogP contribution is 2.31. The van der Waals surface area contributed by atoms with Crippen LogP contribution in [0.5, 0.6) is 0 Å². The molecular weight excluding hydrogens is 286 g/mol. The first-order valence-electron chi connectivity index (χ1n) is 7.72. The molecule has 0 spiro atoms. The summed E-state index contributed by atoms with van der Waals surface area (Å²) in [6.07, 6.45) is -1.51. The molecule has 0 aromatic rings. The highest BCUT2D eigenvalue weighted by Gasteiger charge is 2.48. The zero-order valence-corrected chi connectivity index (χ0v) is 14.7. The Balaban J connectivity index is 2.89. The molecule has 128 valence electrons. The molecule has 1 saturated heterocycles. The molecule has 0 radical (unpaired) electrons. The molecule has 1 N–H and O–H groups in total. The van der Waals surface area contributed by atoms with Gasteiger partial charge in [0.25, 0.3) is 0 Å². The Hall–Kier alpha value is -1.14. The van der Waals surface area contributed by atoms with Crippen molar-refractivity contribution in [2.75, 3.05) is 6.61 Å². The molecule has 0 aromatic carbocycles. The summed E-state index contributed by atoms with van der Waals surface area (Å²) in [5.74, 6) is -0.193. The molecule has 0 unspecified atom stereocenters. The van der Waals surface area contributed by atoms with E-state index in [0.717, 1.165) is 0 Å². The minimum Gasteiger partial charge on any atom is -0.444 e. The third-order valence-corrected chi connectivity index (χ3v) is 3.61. The molecule has 1 amide bonds. The minimum atomic E-state index is -0.968. The smallest absolute Gasteiger partial charge is 0.412 e. The Morgan fingerprint density at radius 1 is 1.36 bits per heavy atom. The van der Waals surface area contributed by atoms with Gasteiger partial charge in [-0.1, -0.05) is 13.8 Å². The van der Waals surface area contributed by atoms with E-state index in [4.69, 9.17) is 9.47 Å². The maximum Gasteiger partial charge on any atom is 0.412 e. The fourth-order valence-corrected chi connectivity index (χ4v) is 2.36. The van der Waals surface area contributed by atoms with E-state index in [9.17, 15) is 14.7 Å². The van der Waals surface area contributed by atoms with Gasteiger partial charge in [0.15, 0.2) is 0 Å². The molecule has 1 heterocycles. The van der Waals surface area contributed by atoms with Gasteiger partial charge in [-0.3, -0.25) is 9.69 Å². The van der Waals surface area contributed by atoms with Gasteiger partial charge in [-0.05, 0) is 34.6 Å². The summed E-state index contributed by atoms with van der Waals surface area (Å²) >= 11 is 0. The van der Waals surface area contributed by atoms with Crippen LogP contribution in [0.1, 0.15) is 54.9 Å². The maximum absolute atomic E-state index is 12.4. The predicted octanol–water partition coefficient (Wildman–Crippen LogP) is 2.33. The minimum absolute atomic E-state index is 0.00106. The van der Waals surface area contributed by atoms with Crippen LogP contribution in [-0.4, -0.2) is 52.0 Å². The molecule has 22 heavy (non-hydrogen) atoms. The summed E-state index contributed by atoms with van der Waals surface area (Å²) in [5.41, 5.74) is -1.52. The molecule has 6 nitrogen and oxygen atoms in total. The van der Waals surface area contributed by atoms with Gasteiger partial charge in [-0.15, -0.1) is 0 Å². The molecule has 1 fully saturated rings. The average Bonchev–Trinajstić information content (AvgIpc) is 2.62. The van der Waals surface area contributed by atoms with Gasteiger partial charge in [-0.25, -0.2) is 4.79 Å². The van der Waals surface area contributed by atoms with Gasteiger partial charge >= 0.3 is 6.09 Å². The molecule has 0 bridgehead atoms. The first-order valence-corrected chi connectivity index (χ1v) is 7.72. The predicted molar refractivity (Wildman–Crippen MR) is 82.4 cm³/mol. The van der Waals surface area contributed by atoms with Crippen LogP contribution in [0.25, 0.3) is 0 Å². The summed E-state index contributed by atoms with van der Waals surface area (Å²) in [4.78, 5) is 25.7. The lowest BCUT2D eigenvalue weighted by Gasteiger charge is -2.36. The molecule has 6 heteroatoms. The Morgan fingerprint density at radius 3 is 2.36 bits per heavy atom. The lowest BCUT2D eigenvalue weighted by molar-refractivity contribution is -0.125. The van der Waals surface area contributed by atoms with Gasteiger partial charge in [0, 0.05) is 12.3 Å². The van der Waals surface area contributed by atoms with Crippen molar-refractivity contribution in [1.29, 1.82) is 0 Å². The van der Waals surface area contributed by atoms with Crippen molar-refractivity contribution in [3.8, 4) is 0 Å². The third kappa shape index (κ3) is 4.68. The van der Waals surface area contributed by atoms with Crippen LogP contribution < -0.4 is 0 Å². The van der Waals surface area contributed by atoms with Gasteiger partial charge in [0.05, 0.1) is 18.8 Å². The Kier molecular flexibility index (Phi) is 5.62. The zero-order chi connectivity index (χ0) is 17.3. The van der Waals surface area contributed by atoms with Crippen LogP contribution in [0, 0.1) is 5.92 Å². The topological polar surface area (TPSA) is 76.1 Å². The van der Waals surface area contributed by atoms with Gasteiger partial charge in [-0.2, -0.15) is 0 Å². The number of ether oxygens (including phenoxy) is 2. The second kappa shape index (κ2) is 6.54. The van der Waals surface area contributed by atoms with E-state index in [1.54, 1.807) is 48.5 Å². The monoisotopic (exact) mass is 315 g/mol. The lowest BCUT2D eigenvalue weighted by Crippen LogP contribution is -2.53. The van der Waals surface area contributed by atoms with Gasteiger partial charge in [0.2, 0.25) is 0 Å². The van der Waals surface area contributed by atoms with E-state index in [0.29, 0.717) is 0 Å². The number of hydrogen-bond acceptors (Lipinski definition) is 5. The molecule has 0 saturated carbocycles. The molecule has 1 aliphatic heterocycles. The molecule has 0 aromatic heterocycles. The molecule has 0 aliphatic carbocycles. The second-order valence-electron chi connectivity index (χ2n) is 7.57. The van der Waals surface area contributed by atoms with Crippen LogP contribution in [0.15, 0.2) is 0 Å². The number of hydrogen-bond donors (Lipinski definition) is 1. The highest BCUT2D eigenvalue weighted by atomic mass is 16.6. The van der Waals surface area contributed by atoms with E-state index in [1.165, 1.54) is 4.90 Å². The highest BCUT2D eigenvalue weighted by molar-refractivity contribution is 5.81. The number of aliphatic hydroxyl groups is 1. The molecule has 1 aliphatic rings. The number of aliphatic hydroxyl groups excluding tert-OH is 1. The quantitative estimate of drug-likeness (QED) is 0.861. The zero-order valence-electron chi connectivity index (χ0n) is 14.7. The summed E-state index contributed by atoms with van der Waals surface area (Å²) in [6.45, 7) is 12.6. The van der Waals surface area contributed by atoms with E-state index in [1.807, 2.05) is 0 Å². The number of ketones is 1. The SMILES string of the molecule is CC(C)C(=O)C[C@H](O)[C@H]1COC(C)(C)N1C(=O)OC(C)(C)C. The standard InChI is InChI=1S/C16H29NO5/c1-10(2)12(18)8-13(19)11-9-21-16(6,7)17(11)14(20)22-15(3,4)5/h10-11,13,19H,8-9H2,1-7H3/t11-,13+/m1/s1. The number of Topliss-reactive ketones (excluding diaryl/α,β-unsaturated/α-hetero) is 1. The van der Waals surface area contributed by atoms with Gasteiger partial charge < -0.3 is 14.6 Å². The van der Waals surface area contributed by atoms with E-state index >= 15 is 0 Å². The van der Waals surface area contributed by atoms with E-state index in [2.05, 4.69) is 0 Å². The van der Waals surface area contributed by atoms with Crippen LogP contribution in [-0.2, 0) is 14.3 Å². The summed E-state index contributed by atoms with van der Waals surface area (Å²) in [7, 11) is 0. The second-order valence-corrected chi connectivity index (χ2v) is 7.57. The molecule has 2 atom stereocenters. The Labute approximate surface area is 132 Å². The Morgan fingerprint density at radius 2 is 1.91 bits per heavy atom. The third-order valence-electron chi connectivity index (χ3n) is 3.61. The van der Waals surface area contributed by atoms with Crippen molar-refractivity contribution in [2.24, 2.45) is 5.92 Å². The summed E-state index contributed by atoms with van der Waals surface area (Å²) < 4.78 is 11.0. The first kappa shape index (κ1) is 18.9. The molecular formula is C16H29NO5. The fraction of sp³-hybridized carbons (Fsp3) is 0.875. The largest absolute Gasteiger partial charge is 0.444 e.